The van der Waals surface area contributed by atoms with Crippen LogP contribution in [0, 0.1) is 40.3 Å². The molecular formula is C34H30F2SiZr-4. The molecule has 0 saturated carbocycles. The molecule has 0 aliphatic carbocycles. The van der Waals surface area contributed by atoms with Crippen LogP contribution in [0.4, 0.5) is 8.78 Å². The van der Waals surface area contributed by atoms with Gasteiger partial charge in [0.1, 0.15) is 11.6 Å². The molecule has 2 radical (unpaired) electrons. The van der Waals surface area contributed by atoms with Crippen molar-refractivity contribution >= 4 is 28.4 Å². The third kappa shape index (κ3) is 7.12. The molecule has 0 aromatic heterocycles. The Morgan fingerprint density at radius 3 is 1.24 bits per heavy atom. The van der Waals surface area contributed by atoms with Crippen LogP contribution in [0.3, 0.4) is 0 Å². The van der Waals surface area contributed by atoms with Gasteiger partial charge < -0.3 is 14.9 Å². The summed E-state index contributed by atoms with van der Waals surface area (Å²) in [7, 11) is 0. The Hall–Kier alpha value is -2.94. The summed E-state index contributed by atoms with van der Waals surface area (Å²) in [6.07, 6.45) is 0. The Kier molecular flexibility index (Phi) is 11.8. The first-order valence-electron chi connectivity index (χ1n) is 11.6. The van der Waals surface area contributed by atoms with E-state index in [2.05, 4.69) is 69.3 Å². The van der Waals surface area contributed by atoms with Gasteiger partial charge in [0.2, 0.25) is 0 Å². The van der Waals surface area contributed by atoms with Crippen LogP contribution < -0.4 is 0 Å². The van der Waals surface area contributed by atoms with E-state index in [1.165, 1.54) is 80.3 Å². The maximum absolute atomic E-state index is 12.9. The number of benzene rings is 4. The van der Waals surface area contributed by atoms with Crippen LogP contribution in [0.2, 0.25) is 0 Å². The molecule has 0 N–H and O–H groups in total. The fourth-order valence-electron chi connectivity index (χ4n) is 4.53. The fourth-order valence-corrected chi connectivity index (χ4v) is 4.53. The van der Waals surface area contributed by atoms with Gasteiger partial charge in [-0.3, -0.25) is 0 Å². The first-order valence-corrected chi connectivity index (χ1v) is 15.8. The standard InChI is InChI=1S/2C16H12F.2CH3.Si.Zr/c2*1-11-9-13-3-2-4-15(16(13)10-11)12-5-7-14(17)8-6-12;;;;/h2*2-10H,1H3;2*1H3;;/q4*-1;;. The third-order valence-electron chi connectivity index (χ3n) is 6.10. The van der Waals surface area contributed by atoms with Crippen LogP contribution in [-0.4, -0.2) is 6.88 Å². The quantitative estimate of drug-likeness (QED) is 0.138. The van der Waals surface area contributed by atoms with Crippen LogP contribution in [0.25, 0.3) is 43.8 Å². The Labute approximate surface area is 242 Å². The van der Waals surface area contributed by atoms with Gasteiger partial charge in [-0.2, -0.15) is 12.1 Å². The van der Waals surface area contributed by atoms with Crippen molar-refractivity contribution in [1.82, 2.24) is 0 Å². The molecule has 0 unspecified atom stereocenters. The second-order valence-electron chi connectivity index (χ2n) is 8.70. The normalized spacial score (nSPS) is 9.87. The summed E-state index contributed by atoms with van der Waals surface area (Å²) in [6, 6.07) is 34.5. The first kappa shape index (κ1) is 31.3. The first-order chi connectivity index (χ1) is 17.5. The van der Waals surface area contributed by atoms with Crippen molar-refractivity contribution in [3.8, 4) is 22.3 Å². The molecule has 0 aliphatic heterocycles. The SMILES string of the molecule is Cc1cc2c(-c3ccc(F)cc3)cccc2[cH-]1.Cc1cc2c(-c3ccc(F)cc3)cccc2[cH-]1.[CH3-].[CH3-].[Si]=[Zr]. The summed E-state index contributed by atoms with van der Waals surface area (Å²) in [5.74, 6) is -0.390. The van der Waals surface area contributed by atoms with E-state index in [1.807, 2.05) is 36.4 Å². The van der Waals surface area contributed by atoms with Crippen molar-refractivity contribution in [2.24, 2.45) is 0 Å². The summed E-state index contributed by atoms with van der Waals surface area (Å²) in [5.41, 5.74) is 6.96. The predicted molar refractivity (Wildman–Crippen MR) is 158 cm³/mol. The van der Waals surface area contributed by atoms with Crippen molar-refractivity contribution in [3.05, 3.63) is 147 Å². The molecule has 0 fully saturated rings. The molecule has 0 atom stereocenters. The molecule has 4 heteroatoms. The number of fused-ring (bicyclic) bond motifs is 2. The van der Waals surface area contributed by atoms with E-state index in [9.17, 15) is 8.78 Å². The number of hydrogen-bond acceptors (Lipinski definition) is 0. The maximum atomic E-state index is 12.9. The summed E-state index contributed by atoms with van der Waals surface area (Å²) in [6.45, 7) is 7.25. The average Bonchev–Trinajstić information content (AvgIpc) is 3.47. The van der Waals surface area contributed by atoms with Gasteiger partial charge in [0.05, 0.1) is 0 Å². The Bertz CT molecular complexity index is 1470. The third-order valence-corrected chi connectivity index (χ3v) is 6.10. The Morgan fingerprint density at radius 1 is 0.553 bits per heavy atom. The molecule has 0 bridgehead atoms. The number of aryl methyl sites for hydroxylation is 2. The second-order valence-corrected chi connectivity index (χ2v) is 8.70. The minimum absolute atomic E-state index is 0. The van der Waals surface area contributed by atoms with Gasteiger partial charge in [0.25, 0.3) is 0 Å². The van der Waals surface area contributed by atoms with Crippen LogP contribution in [-0.2, 0) is 23.3 Å². The molecule has 0 nitrogen and oxygen atoms in total. The van der Waals surface area contributed by atoms with Crippen molar-refractivity contribution in [2.75, 3.05) is 0 Å². The van der Waals surface area contributed by atoms with Crippen LogP contribution >= 0.6 is 0 Å². The van der Waals surface area contributed by atoms with E-state index in [-0.39, 0.29) is 26.5 Å². The molecule has 38 heavy (non-hydrogen) atoms. The van der Waals surface area contributed by atoms with Crippen molar-refractivity contribution in [3.63, 3.8) is 0 Å². The van der Waals surface area contributed by atoms with E-state index in [4.69, 9.17) is 0 Å². The molecular weight excluding hydrogens is 566 g/mol. The monoisotopic (exact) mass is 594 g/mol. The number of halogens is 2. The zero-order chi connectivity index (χ0) is 25.7. The zero-order valence-electron chi connectivity index (χ0n) is 22.1. The molecule has 0 heterocycles. The van der Waals surface area contributed by atoms with Crippen LogP contribution in [0.15, 0.2) is 109 Å². The summed E-state index contributed by atoms with van der Waals surface area (Å²) in [5, 5.41) is 4.95. The van der Waals surface area contributed by atoms with Crippen molar-refractivity contribution in [2.45, 2.75) is 13.8 Å². The average molecular weight is 596 g/mol. The molecule has 6 aromatic rings. The summed E-state index contributed by atoms with van der Waals surface area (Å²) < 4.78 is 25.8. The summed E-state index contributed by atoms with van der Waals surface area (Å²) >= 11 is 1.36. The van der Waals surface area contributed by atoms with Gasteiger partial charge in [-0.15, -0.1) is 69.1 Å². The van der Waals surface area contributed by atoms with Gasteiger partial charge in [-0.05, 0) is 35.4 Å². The van der Waals surface area contributed by atoms with E-state index in [0.29, 0.717) is 0 Å². The van der Waals surface area contributed by atoms with Crippen molar-refractivity contribution < 1.29 is 32.1 Å². The van der Waals surface area contributed by atoms with Gasteiger partial charge in [0, 0.05) is 0 Å². The molecule has 6 rings (SSSR count). The van der Waals surface area contributed by atoms with E-state index >= 15 is 0 Å². The van der Waals surface area contributed by atoms with E-state index in [1.54, 1.807) is 0 Å². The summed E-state index contributed by atoms with van der Waals surface area (Å²) in [4.78, 5) is 0. The fraction of sp³-hybridized carbons (Fsp3) is 0.0588. The molecule has 0 spiro atoms. The predicted octanol–water partition coefficient (Wildman–Crippen LogP) is 9.86. The van der Waals surface area contributed by atoms with Crippen LogP contribution in [0.5, 0.6) is 0 Å². The van der Waals surface area contributed by atoms with E-state index < -0.39 is 0 Å². The Morgan fingerprint density at radius 2 is 0.895 bits per heavy atom. The van der Waals surface area contributed by atoms with Gasteiger partial charge in [-0.25, -0.2) is 8.78 Å². The van der Waals surface area contributed by atoms with Gasteiger partial charge in [-0.1, -0.05) is 61.4 Å². The molecule has 192 valence electrons. The molecule has 0 amide bonds. The van der Waals surface area contributed by atoms with Gasteiger partial charge in [0.15, 0.2) is 0 Å². The number of rotatable bonds is 2. The molecule has 6 aromatic carbocycles. The zero-order valence-corrected chi connectivity index (χ0v) is 25.6. The van der Waals surface area contributed by atoms with Crippen molar-refractivity contribution in [1.29, 1.82) is 0 Å². The molecule has 0 saturated heterocycles. The minimum atomic E-state index is -0.195. The van der Waals surface area contributed by atoms with Gasteiger partial charge >= 0.3 is 30.2 Å². The topological polar surface area (TPSA) is 0 Å². The Balaban J connectivity index is 0.000000239. The van der Waals surface area contributed by atoms with E-state index in [0.717, 1.165) is 22.3 Å². The molecule has 0 aliphatic rings. The second kappa shape index (κ2) is 14.3. The number of hydrogen-bond donors (Lipinski definition) is 0. The van der Waals surface area contributed by atoms with Crippen LogP contribution in [0.1, 0.15) is 11.1 Å².